The van der Waals surface area contributed by atoms with Gasteiger partial charge in [-0.3, -0.25) is 0 Å². The van der Waals surface area contributed by atoms with Gasteiger partial charge in [0.15, 0.2) is 0 Å². The molecule has 1 N–H and O–H groups in total. The van der Waals surface area contributed by atoms with Crippen molar-refractivity contribution in [3.8, 4) is 0 Å². The van der Waals surface area contributed by atoms with Gasteiger partial charge in [0.1, 0.15) is 0 Å². The Bertz CT molecular complexity index is 205. The molecule has 2 atom stereocenters. The predicted molar refractivity (Wildman–Crippen MR) is 49.7 cm³/mol. The molecule has 2 unspecified atom stereocenters. The second-order valence-corrected chi connectivity index (χ2v) is 4.23. The number of likely N-dealkylation sites (tertiary alicyclic amines) is 1. The van der Waals surface area contributed by atoms with Crippen LogP contribution < -0.4 is 0 Å². The second-order valence-electron chi connectivity index (χ2n) is 4.23. The first-order valence-corrected chi connectivity index (χ1v) is 5.28. The van der Waals surface area contributed by atoms with Crippen LogP contribution in [0.1, 0.15) is 38.5 Å². The number of fused-ring (bicyclic) bond motifs is 1. The van der Waals surface area contributed by atoms with Gasteiger partial charge in [-0.15, -0.1) is 0 Å². The minimum absolute atomic E-state index is 0.347. The highest BCUT2D eigenvalue weighted by Gasteiger charge is 2.36. The Balaban J connectivity index is 2.06. The summed E-state index contributed by atoms with van der Waals surface area (Å²) in [7, 11) is 0. The number of nitrogens with zero attached hydrogens (tertiary/aromatic N) is 1. The molecule has 0 bridgehead atoms. The number of carbonyl (C=O) groups is 1. The van der Waals surface area contributed by atoms with Gasteiger partial charge in [0.05, 0.1) is 0 Å². The minimum atomic E-state index is -0.714. The monoisotopic (exact) mass is 183 g/mol. The lowest BCUT2D eigenvalue weighted by molar-refractivity contribution is 0.132. The molecule has 2 fully saturated rings. The topological polar surface area (TPSA) is 40.5 Å². The average molecular weight is 183 g/mol. The summed E-state index contributed by atoms with van der Waals surface area (Å²) < 4.78 is 0. The molecular weight excluding hydrogens is 166 g/mol. The predicted octanol–water partition coefficient (Wildman–Crippen LogP) is 2.32. The van der Waals surface area contributed by atoms with Crippen molar-refractivity contribution in [1.29, 1.82) is 0 Å². The van der Waals surface area contributed by atoms with E-state index in [2.05, 4.69) is 0 Å². The van der Waals surface area contributed by atoms with Gasteiger partial charge in [0, 0.05) is 12.6 Å². The largest absolute Gasteiger partial charge is 0.465 e. The van der Waals surface area contributed by atoms with E-state index in [1.807, 2.05) is 0 Å². The Morgan fingerprint density at radius 1 is 1.15 bits per heavy atom. The standard InChI is InChI=1S/C10H17NO2/c12-10(13)11-7-6-8-4-2-1-3-5-9(8)11/h8-9H,1-7H2,(H,12,13). The Labute approximate surface area is 78.7 Å². The highest BCUT2D eigenvalue weighted by molar-refractivity contribution is 5.65. The van der Waals surface area contributed by atoms with E-state index in [-0.39, 0.29) is 0 Å². The third kappa shape index (κ3) is 1.64. The summed E-state index contributed by atoms with van der Waals surface area (Å²) >= 11 is 0. The number of carboxylic acid groups (broad SMARTS) is 1. The van der Waals surface area contributed by atoms with Crippen LogP contribution in [-0.4, -0.2) is 28.7 Å². The van der Waals surface area contributed by atoms with Crippen LogP contribution >= 0.6 is 0 Å². The van der Waals surface area contributed by atoms with Crippen LogP contribution in [0.2, 0.25) is 0 Å². The van der Waals surface area contributed by atoms with Crippen molar-refractivity contribution in [3.05, 3.63) is 0 Å². The SMILES string of the molecule is O=C(O)N1CCC2CCCCCC21. The van der Waals surface area contributed by atoms with Crippen molar-refractivity contribution in [1.82, 2.24) is 4.90 Å². The van der Waals surface area contributed by atoms with Gasteiger partial charge < -0.3 is 10.0 Å². The maximum atomic E-state index is 10.9. The number of hydrogen-bond acceptors (Lipinski definition) is 1. The van der Waals surface area contributed by atoms with Crippen LogP contribution in [0.4, 0.5) is 4.79 Å². The Kier molecular flexibility index (Phi) is 2.42. The van der Waals surface area contributed by atoms with Crippen molar-refractivity contribution in [3.63, 3.8) is 0 Å². The molecule has 1 amide bonds. The lowest BCUT2D eigenvalue weighted by Crippen LogP contribution is -2.36. The van der Waals surface area contributed by atoms with E-state index < -0.39 is 6.09 Å². The quantitative estimate of drug-likeness (QED) is 0.626. The average Bonchev–Trinajstić information content (AvgIpc) is 2.36. The third-order valence-electron chi connectivity index (χ3n) is 3.51. The molecule has 0 aromatic carbocycles. The van der Waals surface area contributed by atoms with Gasteiger partial charge in [-0.25, -0.2) is 4.79 Å². The number of hydrogen-bond donors (Lipinski definition) is 1. The Morgan fingerprint density at radius 2 is 1.92 bits per heavy atom. The molecule has 3 nitrogen and oxygen atoms in total. The van der Waals surface area contributed by atoms with Crippen LogP contribution in [0.15, 0.2) is 0 Å². The van der Waals surface area contributed by atoms with Gasteiger partial charge in [0.2, 0.25) is 0 Å². The molecular formula is C10H17NO2. The molecule has 2 aliphatic rings. The van der Waals surface area contributed by atoms with Crippen molar-refractivity contribution in [2.45, 2.75) is 44.6 Å². The normalized spacial score (nSPS) is 34.0. The van der Waals surface area contributed by atoms with E-state index in [1.165, 1.54) is 25.7 Å². The molecule has 1 aliphatic heterocycles. The zero-order valence-electron chi connectivity index (χ0n) is 7.91. The van der Waals surface area contributed by atoms with Gasteiger partial charge in [-0.2, -0.15) is 0 Å². The highest BCUT2D eigenvalue weighted by Crippen LogP contribution is 2.34. The van der Waals surface area contributed by atoms with Crippen LogP contribution in [-0.2, 0) is 0 Å². The zero-order valence-corrected chi connectivity index (χ0v) is 7.91. The summed E-state index contributed by atoms with van der Waals surface area (Å²) in [4.78, 5) is 12.6. The summed E-state index contributed by atoms with van der Waals surface area (Å²) in [6.45, 7) is 0.769. The summed E-state index contributed by atoms with van der Waals surface area (Å²) in [5.41, 5.74) is 0. The highest BCUT2D eigenvalue weighted by atomic mass is 16.4. The summed E-state index contributed by atoms with van der Waals surface area (Å²) in [6.07, 6.45) is 6.52. The van der Waals surface area contributed by atoms with Gasteiger partial charge in [-0.05, 0) is 25.2 Å². The number of rotatable bonds is 0. The first-order valence-electron chi connectivity index (χ1n) is 5.28. The maximum absolute atomic E-state index is 10.9. The fourth-order valence-corrected chi connectivity index (χ4v) is 2.82. The smallest absolute Gasteiger partial charge is 0.407 e. The van der Waals surface area contributed by atoms with E-state index in [0.29, 0.717) is 12.0 Å². The summed E-state index contributed by atoms with van der Waals surface area (Å²) in [5, 5.41) is 8.97. The van der Waals surface area contributed by atoms with Crippen LogP contribution in [0.5, 0.6) is 0 Å². The van der Waals surface area contributed by atoms with E-state index in [0.717, 1.165) is 19.4 Å². The molecule has 0 aromatic heterocycles. The summed E-state index contributed by atoms with van der Waals surface area (Å²) in [5.74, 6) is 0.665. The maximum Gasteiger partial charge on any atom is 0.407 e. The van der Waals surface area contributed by atoms with Crippen LogP contribution in [0, 0.1) is 5.92 Å². The van der Waals surface area contributed by atoms with E-state index in [4.69, 9.17) is 5.11 Å². The molecule has 2 rings (SSSR count). The van der Waals surface area contributed by atoms with Crippen molar-refractivity contribution >= 4 is 6.09 Å². The Morgan fingerprint density at radius 3 is 2.69 bits per heavy atom. The van der Waals surface area contributed by atoms with Gasteiger partial charge >= 0.3 is 6.09 Å². The number of amides is 1. The second kappa shape index (κ2) is 3.56. The van der Waals surface area contributed by atoms with Gasteiger partial charge in [-0.1, -0.05) is 19.3 Å². The lowest BCUT2D eigenvalue weighted by Gasteiger charge is -2.23. The molecule has 13 heavy (non-hydrogen) atoms. The fraction of sp³-hybridized carbons (Fsp3) is 0.900. The molecule has 1 saturated carbocycles. The Hall–Kier alpha value is -0.730. The first kappa shape index (κ1) is 8.85. The molecule has 0 spiro atoms. The summed E-state index contributed by atoms with van der Waals surface area (Å²) in [6, 6.07) is 0.347. The third-order valence-corrected chi connectivity index (χ3v) is 3.51. The molecule has 1 saturated heterocycles. The molecule has 0 aromatic rings. The van der Waals surface area contributed by atoms with Crippen molar-refractivity contribution < 1.29 is 9.90 Å². The molecule has 1 heterocycles. The van der Waals surface area contributed by atoms with E-state index >= 15 is 0 Å². The molecule has 74 valence electrons. The molecule has 1 aliphatic carbocycles. The lowest BCUT2D eigenvalue weighted by atomic mass is 9.96. The minimum Gasteiger partial charge on any atom is -0.465 e. The van der Waals surface area contributed by atoms with Gasteiger partial charge in [0.25, 0.3) is 0 Å². The van der Waals surface area contributed by atoms with Crippen molar-refractivity contribution in [2.75, 3.05) is 6.54 Å². The van der Waals surface area contributed by atoms with E-state index in [9.17, 15) is 4.79 Å². The van der Waals surface area contributed by atoms with Crippen LogP contribution in [0.25, 0.3) is 0 Å². The molecule has 0 radical (unpaired) electrons. The zero-order chi connectivity index (χ0) is 9.26. The van der Waals surface area contributed by atoms with Crippen LogP contribution in [0.3, 0.4) is 0 Å². The fourth-order valence-electron chi connectivity index (χ4n) is 2.82. The van der Waals surface area contributed by atoms with E-state index in [1.54, 1.807) is 4.90 Å². The molecule has 3 heteroatoms. The van der Waals surface area contributed by atoms with Crippen molar-refractivity contribution in [2.24, 2.45) is 5.92 Å². The first-order chi connectivity index (χ1) is 6.29.